The molecule has 0 spiro atoms. The molecule has 2 saturated heterocycles. The van der Waals surface area contributed by atoms with Gasteiger partial charge in [-0.25, -0.2) is 4.79 Å². The van der Waals surface area contributed by atoms with Crippen LogP contribution in [0.1, 0.15) is 41.5 Å². The number of carbonyl (C=O) groups is 5. The van der Waals surface area contributed by atoms with E-state index in [2.05, 4.69) is 5.32 Å². The molecular formula is C23H28N2O8S2. The standard InChI is InChI=1S/C23H28N2O8S2/c1-22(2,3)20(30)32-12-33-21(31)23(10-34-4)9-25-17(27)15(18(25)35-11-23)24-16(26)13-7-5-6-8-14(13)19(28)29/h5-8,15,18H,9-12H2,1-4H3,(H,24,26)(H,28,29)/t15?,18-,23?/m1/s1. The molecule has 10 nitrogen and oxygen atoms in total. The molecule has 3 atom stereocenters. The van der Waals surface area contributed by atoms with Crippen molar-refractivity contribution in [3.63, 3.8) is 0 Å². The van der Waals surface area contributed by atoms with Crippen LogP contribution < -0.4 is 5.32 Å². The van der Waals surface area contributed by atoms with Crippen molar-refractivity contribution in [1.82, 2.24) is 10.2 Å². The number of carbonyl (C=O) groups excluding carboxylic acids is 4. The predicted molar refractivity (Wildman–Crippen MR) is 130 cm³/mol. The average Bonchev–Trinajstić information content (AvgIpc) is 2.81. The van der Waals surface area contributed by atoms with Crippen molar-refractivity contribution in [3.8, 4) is 0 Å². The molecule has 0 bridgehead atoms. The Bertz CT molecular complexity index is 1040. The molecule has 12 heteroatoms. The van der Waals surface area contributed by atoms with Crippen LogP contribution in [0, 0.1) is 10.8 Å². The number of rotatable bonds is 8. The number of aromatic carboxylic acids is 1. The third-order valence-corrected chi connectivity index (χ3v) is 8.11. The third-order valence-electron chi connectivity index (χ3n) is 5.68. The Labute approximate surface area is 211 Å². The lowest BCUT2D eigenvalue weighted by atomic mass is 9.89. The lowest BCUT2D eigenvalue weighted by Gasteiger charge is -2.54. The van der Waals surface area contributed by atoms with Crippen LogP contribution in [0.3, 0.4) is 0 Å². The number of β-lactam (4-membered cyclic amide) rings is 1. The molecule has 1 aromatic rings. The van der Waals surface area contributed by atoms with E-state index in [-0.39, 0.29) is 29.0 Å². The van der Waals surface area contributed by atoms with Crippen LogP contribution in [0.5, 0.6) is 0 Å². The number of ether oxygens (including phenoxy) is 2. The summed E-state index contributed by atoms with van der Waals surface area (Å²) in [6, 6.07) is 4.95. The molecule has 2 aliphatic rings. The summed E-state index contributed by atoms with van der Waals surface area (Å²) in [5.41, 5.74) is -1.91. The highest BCUT2D eigenvalue weighted by molar-refractivity contribution is 8.00. The Morgan fingerprint density at radius 2 is 1.86 bits per heavy atom. The Balaban J connectivity index is 1.64. The van der Waals surface area contributed by atoms with Crippen LogP contribution in [0.4, 0.5) is 0 Å². The summed E-state index contributed by atoms with van der Waals surface area (Å²) in [6.07, 6.45) is 1.84. The Morgan fingerprint density at radius 3 is 2.46 bits per heavy atom. The minimum Gasteiger partial charge on any atom is -0.478 e. The number of benzene rings is 1. The van der Waals surface area contributed by atoms with Crippen molar-refractivity contribution in [2.75, 3.05) is 31.1 Å². The van der Waals surface area contributed by atoms with E-state index < -0.39 is 47.5 Å². The zero-order valence-corrected chi connectivity index (χ0v) is 21.5. The summed E-state index contributed by atoms with van der Waals surface area (Å²) in [7, 11) is 0. The molecule has 0 aromatic heterocycles. The van der Waals surface area contributed by atoms with Gasteiger partial charge in [-0.1, -0.05) is 12.1 Å². The van der Waals surface area contributed by atoms with Crippen molar-refractivity contribution < 1.29 is 38.6 Å². The zero-order valence-electron chi connectivity index (χ0n) is 19.9. The van der Waals surface area contributed by atoms with Crippen LogP contribution in [0.15, 0.2) is 24.3 Å². The van der Waals surface area contributed by atoms with Gasteiger partial charge >= 0.3 is 17.9 Å². The molecule has 0 saturated carbocycles. The number of nitrogens with zero attached hydrogens (tertiary/aromatic N) is 1. The van der Waals surface area contributed by atoms with Crippen LogP contribution >= 0.6 is 23.5 Å². The van der Waals surface area contributed by atoms with Gasteiger partial charge in [0.15, 0.2) is 0 Å². The lowest BCUT2D eigenvalue weighted by Crippen LogP contribution is -2.74. The Kier molecular flexibility index (Phi) is 8.05. The van der Waals surface area contributed by atoms with Gasteiger partial charge in [0.2, 0.25) is 12.7 Å². The molecule has 0 aliphatic carbocycles. The highest BCUT2D eigenvalue weighted by atomic mass is 32.2. The number of fused-ring (bicyclic) bond motifs is 1. The van der Waals surface area contributed by atoms with Gasteiger partial charge in [-0.05, 0) is 39.2 Å². The number of thioether (sulfide) groups is 2. The van der Waals surface area contributed by atoms with Crippen molar-refractivity contribution in [2.45, 2.75) is 32.2 Å². The number of hydrogen-bond acceptors (Lipinski definition) is 9. The van der Waals surface area contributed by atoms with Crippen molar-refractivity contribution >= 4 is 53.2 Å². The van der Waals surface area contributed by atoms with E-state index in [1.165, 1.54) is 46.6 Å². The van der Waals surface area contributed by atoms with Crippen LogP contribution in [-0.4, -0.2) is 82.2 Å². The molecule has 190 valence electrons. The van der Waals surface area contributed by atoms with Gasteiger partial charge in [-0.2, -0.15) is 11.8 Å². The number of amides is 2. The molecule has 3 rings (SSSR count). The molecule has 2 amide bonds. The number of nitrogens with one attached hydrogen (secondary N) is 1. The summed E-state index contributed by atoms with van der Waals surface area (Å²) >= 11 is 2.78. The molecule has 2 aliphatic heterocycles. The summed E-state index contributed by atoms with van der Waals surface area (Å²) in [5, 5.41) is 11.6. The lowest BCUT2D eigenvalue weighted by molar-refractivity contribution is -0.179. The van der Waals surface area contributed by atoms with Crippen molar-refractivity contribution in [2.24, 2.45) is 10.8 Å². The third kappa shape index (κ3) is 5.58. The second-order valence-corrected chi connectivity index (χ2v) is 11.4. The van der Waals surface area contributed by atoms with E-state index in [9.17, 15) is 29.1 Å². The van der Waals surface area contributed by atoms with Gasteiger partial charge in [-0.3, -0.25) is 19.2 Å². The molecule has 2 heterocycles. The van der Waals surface area contributed by atoms with E-state index in [0.717, 1.165) is 0 Å². The van der Waals surface area contributed by atoms with Crippen LogP contribution in [0.2, 0.25) is 0 Å². The fraction of sp³-hybridized carbons (Fsp3) is 0.522. The molecule has 35 heavy (non-hydrogen) atoms. The van der Waals surface area contributed by atoms with Crippen molar-refractivity contribution in [3.05, 3.63) is 35.4 Å². The summed E-state index contributed by atoms with van der Waals surface area (Å²) in [4.78, 5) is 63.4. The first-order chi connectivity index (χ1) is 16.4. The van der Waals surface area contributed by atoms with Gasteiger partial charge < -0.3 is 24.8 Å². The van der Waals surface area contributed by atoms with Crippen molar-refractivity contribution in [1.29, 1.82) is 0 Å². The van der Waals surface area contributed by atoms with Crippen LogP contribution in [-0.2, 0) is 23.9 Å². The van der Waals surface area contributed by atoms with E-state index in [1.807, 2.05) is 6.26 Å². The number of carboxylic acids is 1. The summed E-state index contributed by atoms with van der Waals surface area (Å²) < 4.78 is 10.3. The molecular weight excluding hydrogens is 496 g/mol. The van der Waals surface area contributed by atoms with Crippen LogP contribution in [0.25, 0.3) is 0 Å². The maximum absolute atomic E-state index is 13.0. The normalized spacial score (nSPS) is 23.5. The number of esters is 2. The van der Waals surface area contributed by atoms with E-state index in [0.29, 0.717) is 11.5 Å². The fourth-order valence-electron chi connectivity index (χ4n) is 3.77. The summed E-state index contributed by atoms with van der Waals surface area (Å²) in [6.45, 7) is 4.67. The molecule has 2 fully saturated rings. The van der Waals surface area contributed by atoms with Gasteiger partial charge in [0.25, 0.3) is 5.91 Å². The number of carboxylic acid groups (broad SMARTS) is 1. The second-order valence-electron chi connectivity index (χ2n) is 9.41. The molecule has 2 N–H and O–H groups in total. The predicted octanol–water partition coefficient (Wildman–Crippen LogP) is 1.84. The Morgan fingerprint density at radius 1 is 1.20 bits per heavy atom. The second kappa shape index (κ2) is 10.5. The fourth-order valence-corrected chi connectivity index (χ4v) is 6.30. The highest BCUT2D eigenvalue weighted by Crippen LogP contribution is 2.44. The Hall–Kier alpha value is -2.73. The van der Waals surface area contributed by atoms with Gasteiger partial charge in [0.05, 0.1) is 16.5 Å². The number of hydrogen-bond donors (Lipinski definition) is 2. The maximum atomic E-state index is 13.0. The summed E-state index contributed by atoms with van der Waals surface area (Å²) in [5.74, 6) is -2.57. The first kappa shape index (κ1) is 26.9. The largest absolute Gasteiger partial charge is 0.478 e. The van der Waals surface area contributed by atoms with Gasteiger partial charge in [0.1, 0.15) is 16.8 Å². The molecule has 2 unspecified atom stereocenters. The minimum absolute atomic E-state index is 0.0304. The first-order valence-corrected chi connectivity index (χ1v) is 13.2. The first-order valence-electron chi connectivity index (χ1n) is 10.8. The monoisotopic (exact) mass is 524 g/mol. The SMILES string of the molecule is CSCC1(C(=O)OCOC(=O)C(C)(C)C)CS[C@@H]2C(NC(=O)c3ccccc3C(=O)O)C(=O)N2C1. The molecule has 1 aromatic carbocycles. The quantitative estimate of drug-likeness (QED) is 0.294. The minimum atomic E-state index is -1.24. The average molecular weight is 525 g/mol. The smallest absolute Gasteiger partial charge is 0.336 e. The van der Waals surface area contributed by atoms with Gasteiger partial charge in [0, 0.05) is 18.1 Å². The molecule has 0 radical (unpaired) electrons. The van der Waals surface area contributed by atoms with E-state index >= 15 is 0 Å². The topological polar surface area (TPSA) is 139 Å². The highest BCUT2D eigenvalue weighted by Gasteiger charge is 2.57. The van der Waals surface area contributed by atoms with Gasteiger partial charge in [-0.15, -0.1) is 11.8 Å². The van der Waals surface area contributed by atoms with E-state index in [1.54, 1.807) is 26.8 Å². The van der Waals surface area contributed by atoms with E-state index in [4.69, 9.17) is 9.47 Å². The zero-order chi connectivity index (χ0) is 26.0. The maximum Gasteiger partial charge on any atom is 0.336 e.